The van der Waals surface area contributed by atoms with Crippen molar-refractivity contribution in [3.8, 4) is 0 Å². The van der Waals surface area contributed by atoms with E-state index >= 15 is 4.39 Å². The van der Waals surface area contributed by atoms with Gasteiger partial charge in [-0.3, -0.25) is 9.79 Å². The van der Waals surface area contributed by atoms with Gasteiger partial charge < -0.3 is 5.11 Å². The first kappa shape index (κ1) is 16.2. The molecule has 0 aromatic carbocycles. The summed E-state index contributed by atoms with van der Waals surface area (Å²) in [6.45, 7) is 3.65. The molecule has 114 valence electrons. The van der Waals surface area contributed by atoms with Gasteiger partial charge >= 0.3 is 5.97 Å². The van der Waals surface area contributed by atoms with E-state index in [1.165, 1.54) is 24.4 Å². The molecule has 6 heteroatoms. The minimum Gasteiger partial charge on any atom is -0.480 e. The van der Waals surface area contributed by atoms with Crippen LogP contribution in [-0.2, 0) is 4.79 Å². The minimum absolute atomic E-state index is 0.133. The Labute approximate surface area is 132 Å². The van der Waals surface area contributed by atoms with Gasteiger partial charge in [0.15, 0.2) is 11.1 Å². The van der Waals surface area contributed by atoms with Gasteiger partial charge in [-0.1, -0.05) is 55.3 Å². The van der Waals surface area contributed by atoms with Gasteiger partial charge in [0.1, 0.15) is 5.50 Å². The van der Waals surface area contributed by atoms with Crippen LogP contribution in [-0.4, -0.2) is 28.5 Å². The van der Waals surface area contributed by atoms with E-state index in [9.17, 15) is 9.90 Å². The summed E-state index contributed by atoms with van der Waals surface area (Å²) >= 11 is 12.2. The molecule has 0 bridgehead atoms. The van der Waals surface area contributed by atoms with Gasteiger partial charge in [0.25, 0.3) is 0 Å². The van der Waals surface area contributed by atoms with Gasteiger partial charge in [-0.05, 0) is 18.1 Å². The van der Waals surface area contributed by atoms with Crippen molar-refractivity contribution in [3.63, 3.8) is 0 Å². The Balaban J connectivity index is 2.70. The molecule has 1 N–H and O–H groups in total. The number of aliphatic carboxylic acids is 1. The van der Waals surface area contributed by atoms with Crippen LogP contribution >= 0.6 is 23.2 Å². The summed E-state index contributed by atoms with van der Waals surface area (Å²) in [5.74, 6) is -2.23. The Morgan fingerprint density at radius 2 is 2.14 bits per heavy atom. The Morgan fingerprint density at radius 3 is 2.67 bits per heavy atom. The third kappa shape index (κ3) is 2.16. The Kier molecular flexibility index (Phi) is 4.31. The fourth-order valence-corrected chi connectivity index (χ4v) is 3.89. The van der Waals surface area contributed by atoms with Crippen molar-refractivity contribution < 1.29 is 14.3 Å². The molecule has 0 fully saturated rings. The van der Waals surface area contributed by atoms with E-state index in [0.717, 1.165) is 0 Å². The summed E-state index contributed by atoms with van der Waals surface area (Å²) in [7, 11) is 0. The van der Waals surface area contributed by atoms with E-state index in [1.54, 1.807) is 12.2 Å². The van der Waals surface area contributed by atoms with Crippen LogP contribution in [0, 0.1) is 17.3 Å². The lowest BCUT2D eigenvalue weighted by molar-refractivity contribution is -0.156. The first-order chi connectivity index (χ1) is 9.78. The Morgan fingerprint density at radius 1 is 1.48 bits per heavy atom. The molecule has 1 heterocycles. The summed E-state index contributed by atoms with van der Waals surface area (Å²) < 4.78 is 16.0. The first-order valence-corrected chi connectivity index (χ1v) is 7.41. The van der Waals surface area contributed by atoms with Gasteiger partial charge in [0, 0.05) is 17.2 Å². The highest BCUT2D eigenvalue weighted by atomic mass is 35.5. The molecule has 0 aromatic rings. The van der Waals surface area contributed by atoms with Crippen LogP contribution in [0.1, 0.15) is 13.8 Å². The highest BCUT2D eigenvalue weighted by Gasteiger charge is 2.67. The predicted octanol–water partition coefficient (Wildman–Crippen LogP) is 3.94. The Hall–Kier alpha value is -1.13. The van der Waals surface area contributed by atoms with Crippen LogP contribution in [0.2, 0.25) is 0 Å². The number of carboxylic acid groups (broad SMARTS) is 1. The molecule has 2 rings (SSSR count). The van der Waals surface area contributed by atoms with Crippen molar-refractivity contribution in [1.82, 2.24) is 0 Å². The molecule has 2 aliphatic rings. The summed E-state index contributed by atoms with van der Waals surface area (Å²) in [5.41, 5.74) is -5.73. The molecule has 0 spiro atoms. The van der Waals surface area contributed by atoms with Crippen molar-refractivity contribution in [2.75, 3.05) is 0 Å². The van der Waals surface area contributed by atoms with Gasteiger partial charge in [0.05, 0.1) is 0 Å². The monoisotopic (exact) mass is 331 g/mol. The fraction of sp³-hybridized carbons (Fsp3) is 0.467. The van der Waals surface area contributed by atoms with Gasteiger partial charge in [-0.15, -0.1) is 0 Å². The van der Waals surface area contributed by atoms with Crippen molar-refractivity contribution in [1.29, 1.82) is 0 Å². The zero-order valence-electron chi connectivity index (χ0n) is 11.6. The number of hydrogen-bond acceptors (Lipinski definition) is 2. The number of alkyl halides is 2. The van der Waals surface area contributed by atoms with Crippen molar-refractivity contribution in [2.45, 2.75) is 25.0 Å². The van der Waals surface area contributed by atoms with E-state index < -0.39 is 28.5 Å². The van der Waals surface area contributed by atoms with Crippen LogP contribution in [0.5, 0.6) is 0 Å². The smallest absolute Gasteiger partial charge is 0.322 e. The maximum atomic E-state index is 16.0. The Bertz CT molecular complexity index is 570. The molecule has 3 nitrogen and oxygen atoms in total. The lowest BCUT2D eigenvalue weighted by atomic mass is 9.61. The molecule has 0 saturated heterocycles. The van der Waals surface area contributed by atoms with Crippen LogP contribution in [0.25, 0.3) is 0 Å². The number of carboxylic acids is 1. The molecule has 1 aliphatic heterocycles. The second kappa shape index (κ2) is 5.58. The predicted molar refractivity (Wildman–Crippen MR) is 82.6 cm³/mol. The fourth-order valence-electron chi connectivity index (χ4n) is 3.01. The third-order valence-electron chi connectivity index (χ3n) is 4.09. The lowest BCUT2D eigenvalue weighted by Crippen LogP contribution is -2.60. The molecule has 0 amide bonds. The second-order valence-electron chi connectivity index (χ2n) is 5.54. The second-order valence-corrected chi connectivity index (χ2v) is 6.36. The van der Waals surface area contributed by atoms with Crippen LogP contribution in [0.15, 0.2) is 40.4 Å². The van der Waals surface area contributed by atoms with Gasteiger partial charge in [-0.25, -0.2) is 4.39 Å². The highest BCUT2D eigenvalue weighted by molar-refractivity contribution is 6.36. The van der Waals surface area contributed by atoms with E-state index in [-0.39, 0.29) is 11.0 Å². The molecule has 21 heavy (non-hydrogen) atoms. The summed E-state index contributed by atoms with van der Waals surface area (Å²) in [5, 5.41) is 9.61. The lowest BCUT2D eigenvalue weighted by Gasteiger charge is -2.48. The molecular formula is C15H16Cl2FNO2. The van der Waals surface area contributed by atoms with E-state index in [2.05, 4.69) is 4.99 Å². The standard InChI is InChI=1S/C15H16Cl2FNO2/c1-9(2)10-5-3-4-7-14(10,18)15(13(20)21)11(16)6-8-19-12(15)17/h3-10,12H,1-2H3,(H,20,21). The minimum atomic E-state index is -2.26. The van der Waals surface area contributed by atoms with Crippen LogP contribution < -0.4 is 0 Å². The van der Waals surface area contributed by atoms with E-state index in [4.69, 9.17) is 23.2 Å². The number of halogens is 3. The zero-order valence-corrected chi connectivity index (χ0v) is 13.1. The quantitative estimate of drug-likeness (QED) is 0.629. The number of allylic oxidation sites excluding steroid dienone is 5. The summed E-state index contributed by atoms with van der Waals surface area (Å²) in [6.07, 6.45) is 8.66. The number of carbonyl (C=O) groups is 1. The average Bonchev–Trinajstić information content (AvgIpc) is 2.38. The number of rotatable bonds is 3. The van der Waals surface area contributed by atoms with E-state index in [1.807, 2.05) is 13.8 Å². The van der Waals surface area contributed by atoms with Crippen molar-refractivity contribution >= 4 is 35.4 Å². The zero-order chi connectivity index (χ0) is 15.8. The van der Waals surface area contributed by atoms with Crippen LogP contribution in [0.3, 0.4) is 0 Å². The van der Waals surface area contributed by atoms with Crippen LogP contribution in [0.4, 0.5) is 4.39 Å². The molecule has 0 aromatic heterocycles. The number of nitrogens with zero attached hydrogens (tertiary/aromatic N) is 1. The maximum Gasteiger partial charge on any atom is 0.322 e. The molecular weight excluding hydrogens is 316 g/mol. The number of hydrogen-bond donors (Lipinski definition) is 1. The average molecular weight is 332 g/mol. The largest absolute Gasteiger partial charge is 0.480 e. The molecule has 0 saturated carbocycles. The first-order valence-electron chi connectivity index (χ1n) is 6.60. The van der Waals surface area contributed by atoms with Gasteiger partial charge in [0.2, 0.25) is 0 Å². The summed E-state index contributed by atoms with van der Waals surface area (Å²) in [6, 6.07) is 0. The molecule has 1 aliphatic carbocycles. The third-order valence-corrected chi connectivity index (χ3v) is 4.95. The maximum absolute atomic E-state index is 16.0. The van der Waals surface area contributed by atoms with Crippen molar-refractivity contribution in [2.24, 2.45) is 22.2 Å². The highest BCUT2D eigenvalue weighted by Crippen LogP contribution is 2.56. The number of aliphatic imine (C=N–C) groups is 1. The summed E-state index contributed by atoms with van der Waals surface area (Å²) in [4.78, 5) is 15.9. The molecule has 0 radical (unpaired) electrons. The SMILES string of the molecule is CC(C)C1C=CC=CC1(F)C1(C(=O)O)C(Cl)=CC=NC1Cl. The van der Waals surface area contributed by atoms with Gasteiger partial charge in [-0.2, -0.15) is 0 Å². The molecule has 4 unspecified atom stereocenters. The van der Waals surface area contributed by atoms with Crippen molar-refractivity contribution in [3.05, 3.63) is 35.4 Å². The topological polar surface area (TPSA) is 49.7 Å². The normalized spacial score (nSPS) is 38.7. The molecule has 4 atom stereocenters. The van der Waals surface area contributed by atoms with E-state index in [0.29, 0.717) is 0 Å². The number of dihydropyridines is 1.